The molecule has 0 fully saturated rings. The standard InChI is InChI=1S/C20H28O8/c1-21-17(22-2)9-11-13(17)14-12(10-18(14,23-3)24-4)16-15(11)19(25-5,26-6)20(16,27-7)28-8/h9-10H2,1-8H3. The van der Waals surface area contributed by atoms with Gasteiger partial charge in [0.1, 0.15) is 0 Å². The molecular weight excluding hydrogens is 368 g/mol. The molecule has 0 aliphatic heterocycles. The zero-order valence-corrected chi connectivity index (χ0v) is 17.7. The first-order chi connectivity index (χ1) is 13.4. The van der Waals surface area contributed by atoms with Gasteiger partial charge in [-0.2, -0.15) is 0 Å². The Morgan fingerprint density at radius 1 is 0.429 bits per heavy atom. The molecule has 0 bridgehead atoms. The Morgan fingerprint density at radius 3 is 0.929 bits per heavy atom. The van der Waals surface area contributed by atoms with E-state index in [1.807, 2.05) is 0 Å². The van der Waals surface area contributed by atoms with Crippen molar-refractivity contribution in [1.82, 2.24) is 0 Å². The van der Waals surface area contributed by atoms with Crippen molar-refractivity contribution in [1.29, 1.82) is 0 Å². The molecule has 0 heterocycles. The Labute approximate surface area is 164 Å². The van der Waals surface area contributed by atoms with Crippen molar-refractivity contribution in [2.45, 2.75) is 36.0 Å². The van der Waals surface area contributed by atoms with Gasteiger partial charge in [-0.05, 0) is 11.1 Å². The van der Waals surface area contributed by atoms with Gasteiger partial charge in [0.25, 0.3) is 11.6 Å². The zero-order chi connectivity index (χ0) is 20.5. The third kappa shape index (κ3) is 1.76. The molecule has 1 aromatic rings. The summed E-state index contributed by atoms with van der Waals surface area (Å²) in [7, 11) is 12.9. The van der Waals surface area contributed by atoms with Crippen LogP contribution in [0.25, 0.3) is 0 Å². The Hall–Kier alpha value is -1.10. The first-order valence-electron chi connectivity index (χ1n) is 9.06. The van der Waals surface area contributed by atoms with Crippen LogP contribution < -0.4 is 0 Å². The summed E-state index contributed by atoms with van der Waals surface area (Å²) in [6.07, 6.45) is 1.07. The molecule has 0 saturated carbocycles. The van der Waals surface area contributed by atoms with Gasteiger partial charge in [0.15, 0.2) is 11.6 Å². The van der Waals surface area contributed by atoms with Gasteiger partial charge in [0.05, 0.1) is 0 Å². The molecule has 1 aromatic carbocycles. The fourth-order valence-corrected chi connectivity index (χ4v) is 5.45. The highest BCUT2D eigenvalue weighted by Gasteiger charge is 2.74. The lowest BCUT2D eigenvalue weighted by molar-refractivity contribution is -0.431. The van der Waals surface area contributed by atoms with Crippen LogP contribution in [0.1, 0.15) is 33.4 Å². The predicted molar refractivity (Wildman–Crippen MR) is 96.6 cm³/mol. The van der Waals surface area contributed by atoms with Gasteiger partial charge in [-0.1, -0.05) is 0 Å². The predicted octanol–water partition coefficient (Wildman–Crippen LogP) is 1.59. The third-order valence-corrected chi connectivity index (χ3v) is 6.85. The molecule has 0 radical (unpaired) electrons. The topological polar surface area (TPSA) is 73.8 Å². The molecule has 0 saturated heterocycles. The summed E-state index contributed by atoms with van der Waals surface area (Å²) in [6, 6.07) is 0. The average molecular weight is 396 g/mol. The maximum Gasteiger partial charge on any atom is 0.256 e. The van der Waals surface area contributed by atoms with E-state index in [1.54, 1.807) is 56.9 Å². The van der Waals surface area contributed by atoms with Gasteiger partial charge in [-0.15, -0.1) is 0 Å². The second kappa shape index (κ2) is 6.20. The normalized spacial score (nSPS) is 23.6. The van der Waals surface area contributed by atoms with Crippen molar-refractivity contribution in [3.8, 4) is 0 Å². The Bertz CT molecular complexity index is 717. The molecule has 0 aromatic heterocycles. The zero-order valence-electron chi connectivity index (χ0n) is 17.7. The van der Waals surface area contributed by atoms with E-state index < -0.39 is 23.1 Å². The minimum atomic E-state index is -1.20. The van der Waals surface area contributed by atoms with Gasteiger partial charge in [-0.3, -0.25) is 0 Å². The van der Waals surface area contributed by atoms with Crippen molar-refractivity contribution >= 4 is 0 Å². The van der Waals surface area contributed by atoms with Crippen LogP contribution in [0.5, 0.6) is 0 Å². The molecule has 0 amide bonds. The number of methoxy groups -OCH3 is 8. The van der Waals surface area contributed by atoms with Crippen LogP contribution in [0.2, 0.25) is 0 Å². The van der Waals surface area contributed by atoms with Crippen LogP contribution in [0.3, 0.4) is 0 Å². The van der Waals surface area contributed by atoms with Gasteiger partial charge in [0.2, 0.25) is 0 Å². The highest BCUT2D eigenvalue weighted by atomic mass is 16.8. The lowest BCUT2D eigenvalue weighted by atomic mass is 9.56. The Morgan fingerprint density at radius 2 is 0.714 bits per heavy atom. The van der Waals surface area contributed by atoms with Crippen molar-refractivity contribution in [3.05, 3.63) is 33.4 Å². The highest BCUT2D eigenvalue weighted by Crippen LogP contribution is 2.68. The summed E-state index contributed by atoms with van der Waals surface area (Å²) in [5.74, 6) is -4.14. The van der Waals surface area contributed by atoms with Gasteiger partial charge in [0, 0.05) is 92.0 Å². The van der Waals surface area contributed by atoms with Gasteiger partial charge in [-0.25, -0.2) is 0 Å². The number of hydrogen-bond acceptors (Lipinski definition) is 8. The Balaban J connectivity index is 2.08. The smallest absolute Gasteiger partial charge is 0.256 e. The van der Waals surface area contributed by atoms with E-state index in [1.165, 1.54) is 0 Å². The molecule has 3 aliphatic rings. The molecule has 156 valence electrons. The second-order valence-corrected chi connectivity index (χ2v) is 7.18. The minimum absolute atomic E-state index is 0.534. The summed E-state index contributed by atoms with van der Waals surface area (Å²) in [6.45, 7) is 0. The van der Waals surface area contributed by atoms with Crippen molar-refractivity contribution in [2.24, 2.45) is 0 Å². The van der Waals surface area contributed by atoms with Crippen LogP contribution in [0.15, 0.2) is 0 Å². The lowest BCUT2D eigenvalue weighted by Crippen LogP contribution is -2.67. The molecule has 4 rings (SSSR count). The van der Waals surface area contributed by atoms with Gasteiger partial charge < -0.3 is 37.9 Å². The van der Waals surface area contributed by atoms with E-state index in [4.69, 9.17) is 37.9 Å². The lowest BCUT2D eigenvalue weighted by Gasteiger charge is -2.62. The molecular formula is C20H28O8. The minimum Gasteiger partial charge on any atom is -0.349 e. The van der Waals surface area contributed by atoms with Crippen molar-refractivity contribution in [2.75, 3.05) is 56.9 Å². The maximum absolute atomic E-state index is 5.86. The number of ether oxygens (including phenoxy) is 8. The third-order valence-electron chi connectivity index (χ3n) is 6.85. The SMILES string of the molecule is COC1(OC)Cc2c1c1c(c3c2C(OC)(OC)C3(OC)OC)CC1(OC)OC. The second-order valence-electron chi connectivity index (χ2n) is 7.18. The van der Waals surface area contributed by atoms with E-state index in [0.29, 0.717) is 12.8 Å². The summed E-state index contributed by atoms with van der Waals surface area (Å²) < 4.78 is 46.6. The van der Waals surface area contributed by atoms with E-state index in [0.717, 1.165) is 33.4 Å². The largest absolute Gasteiger partial charge is 0.349 e. The van der Waals surface area contributed by atoms with E-state index >= 15 is 0 Å². The highest BCUT2D eigenvalue weighted by molar-refractivity contribution is 5.71. The van der Waals surface area contributed by atoms with Crippen LogP contribution >= 0.6 is 0 Å². The summed E-state index contributed by atoms with van der Waals surface area (Å²) in [4.78, 5) is 0. The van der Waals surface area contributed by atoms with Gasteiger partial charge >= 0.3 is 0 Å². The number of benzene rings is 1. The summed E-state index contributed by atoms with van der Waals surface area (Å²) in [5, 5.41) is 0. The molecule has 8 nitrogen and oxygen atoms in total. The van der Waals surface area contributed by atoms with Crippen molar-refractivity contribution < 1.29 is 37.9 Å². The monoisotopic (exact) mass is 396 g/mol. The van der Waals surface area contributed by atoms with Crippen LogP contribution in [-0.2, 0) is 73.9 Å². The molecule has 0 N–H and O–H groups in total. The molecule has 28 heavy (non-hydrogen) atoms. The van der Waals surface area contributed by atoms with Crippen molar-refractivity contribution in [3.63, 3.8) is 0 Å². The number of fused-ring (bicyclic) bond motifs is 6. The average Bonchev–Trinajstić information content (AvgIpc) is 2.70. The number of hydrogen-bond donors (Lipinski definition) is 0. The van der Waals surface area contributed by atoms with Crippen LogP contribution in [0.4, 0.5) is 0 Å². The van der Waals surface area contributed by atoms with E-state index in [2.05, 4.69) is 0 Å². The Kier molecular flexibility index (Phi) is 4.47. The molecule has 0 spiro atoms. The summed E-state index contributed by atoms with van der Waals surface area (Å²) in [5.41, 5.74) is 5.65. The molecule has 3 aliphatic carbocycles. The fourth-order valence-electron chi connectivity index (χ4n) is 5.45. The first kappa shape index (κ1) is 20.2. The van der Waals surface area contributed by atoms with Crippen LogP contribution in [-0.4, -0.2) is 56.9 Å². The quantitative estimate of drug-likeness (QED) is 0.614. The fraction of sp³-hybridized carbons (Fsp3) is 0.700. The maximum atomic E-state index is 5.86. The number of rotatable bonds is 8. The van der Waals surface area contributed by atoms with E-state index in [-0.39, 0.29) is 0 Å². The van der Waals surface area contributed by atoms with Crippen LogP contribution in [0, 0.1) is 0 Å². The molecule has 0 atom stereocenters. The first-order valence-corrected chi connectivity index (χ1v) is 9.06. The molecule has 0 unspecified atom stereocenters. The summed E-state index contributed by atoms with van der Waals surface area (Å²) >= 11 is 0. The van der Waals surface area contributed by atoms with E-state index in [9.17, 15) is 0 Å². The molecule has 8 heteroatoms.